The van der Waals surface area contributed by atoms with Gasteiger partial charge in [0.2, 0.25) is 0 Å². The molecule has 0 bridgehead atoms. The van der Waals surface area contributed by atoms with Crippen LogP contribution in [0.25, 0.3) is 10.3 Å². The number of carbonyl (C=O) groups is 2. The Morgan fingerprint density at radius 3 is 2.74 bits per heavy atom. The van der Waals surface area contributed by atoms with E-state index in [4.69, 9.17) is 17.3 Å². The molecular formula is C17H17N5O3S2. The molecule has 0 radical (unpaired) electrons. The molecule has 8 nitrogen and oxygen atoms in total. The SMILES string of the molecule is O=C(O)CCCCN(C(=O)Nc1ccncc1)c1ccc2[nH]c(=S)sc2n1. The van der Waals surface area contributed by atoms with Crippen molar-refractivity contribution in [2.24, 2.45) is 0 Å². The highest BCUT2D eigenvalue weighted by atomic mass is 32.1. The molecule has 140 valence electrons. The van der Waals surface area contributed by atoms with Gasteiger partial charge in [-0.1, -0.05) is 11.3 Å². The molecule has 0 spiro atoms. The van der Waals surface area contributed by atoms with Gasteiger partial charge in [-0.2, -0.15) is 0 Å². The maximum absolute atomic E-state index is 12.8. The van der Waals surface area contributed by atoms with Gasteiger partial charge in [0, 0.05) is 31.0 Å². The third-order valence-corrected chi connectivity index (χ3v) is 4.89. The zero-order valence-corrected chi connectivity index (χ0v) is 15.8. The van der Waals surface area contributed by atoms with Gasteiger partial charge in [-0.15, -0.1) is 0 Å². The number of hydrogen-bond acceptors (Lipinski definition) is 6. The van der Waals surface area contributed by atoms with E-state index in [1.807, 2.05) is 6.07 Å². The first-order chi connectivity index (χ1) is 13.0. The third kappa shape index (κ3) is 5.08. The topological polar surface area (TPSA) is 111 Å². The molecule has 0 fully saturated rings. The summed E-state index contributed by atoms with van der Waals surface area (Å²) in [6.07, 6.45) is 4.25. The molecule has 2 amide bonds. The number of nitrogens with one attached hydrogen (secondary N) is 2. The molecule has 0 atom stereocenters. The molecule has 0 saturated carbocycles. The van der Waals surface area contributed by atoms with E-state index in [1.165, 1.54) is 16.2 Å². The number of anilines is 2. The van der Waals surface area contributed by atoms with Crippen LogP contribution < -0.4 is 10.2 Å². The minimum Gasteiger partial charge on any atom is -0.481 e. The summed E-state index contributed by atoms with van der Waals surface area (Å²) < 4.78 is 0.615. The van der Waals surface area contributed by atoms with Crippen molar-refractivity contribution in [2.45, 2.75) is 19.3 Å². The van der Waals surface area contributed by atoms with Gasteiger partial charge in [0.15, 0.2) is 3.95 Å². The number of carboxylic acids is 1. The number of aromatic nitrogens is 3. The first-order valence-electron chi connectivity index (χ1n) is 8.23. The number of aromatic amines is 1. The van der Waals surface area contributed by atoms with Crippen molar-refractivity contribution < 1.29 is 14.7 Å². The van der Waals surface area contributed by atoms with Crippen molar-refractivity contribution in [3.63, 3.8) is 0 Å². The molecule has 27 heavy (non-hydrogen) atoms. The Morgan fingerprint density at radius 2 is 2.00 bits per heavy atom. The zero-order chi connectivity index (χ0) is 19.2. The number of thiazole rings is 1. The number of H-pyrrole nitrogens is 1. The molecule has 3 N–H and O–H groups in total. The highest BCUT2D eigenvalue weighted by Gasteiger charge is 2.18. The van der Waals surface area contributed by atoms with Crippen molar-refractivity contribution in [3.05, 3.63) is 40.6 Å². The van der Waals surface area contributed by atoms with E-state index in [0.717, 1.165) is 5.52 Å². The average Bonchev–Trinajstić information content (AvgIpc) is 3.01. The van der Waals surface area contributed by atoms with Gasteiger partial charge < -0.3 is 15.4 Å². The van der Waals surface area contributed by atoms with Crippen LogP contribution in [0.4, 0.5) is 16.3 Å². The van der Waals surface area contributed by atoms with Gasteiger partial charge >= 0.3 is 12.0 Å². The summed E-state index contributed by atoms with van der Waals surface area (Å²) in [4.78, 5) is 37.2. The number of carbonyl (C=O) groups excluding carboxylic acids is 1. The van der Waals surface area contributed by atoms with Gasteiger partial charge in [-0.3, -0.25) is 14.7 Å². The summed E-state index contributed by atoms with van der Waals surface area (Å²) in [6.45, 7) is 0.346. The molecule has 0 aromatic carbocycles. The summed E-state index contributed by atoms with van der Waals surface area (Å²) in [5.74, 6) is -0.371. The lowest BCUT2D eigenvalue weighted by atomic mass is 10.2. The lowest BCUT2D eigenvalue weighted by Gasteiger charge is -2.22. The van der Waals surface area contributed by atoms with E-state index < -0.39 is 5.97 Å². The van der Waals surface area contributed by atoms with Crippen LogP contribution in [0.2, 0.25) is 0 Å². The summed E-state index contributed by atoms with van der Waals surface area (Å²) in [5.41, 5.74) is 1.43. The normalized spacial score (nSPS) is 10.7. The Morgan fingerprint density at radius 1 is 1.22 bits per heavy atom. The molecule has 0 aliphatic carbocycles. The molecular weight excluding hydrogens is 386 g/mol. The van der Waals surface area contributed by atoms with Gasteiger partial charge in [0.25, 0.3) is 0 Å². The van der Waals surface area contributed by atoms with E-state index in [0.29, 0.717) is 39.7 Å². The van der Waals surface area contributed by atoms with Crippen LogP contribution in [0.3, 0.4) is 0 Å². The number of unbranched alkanes of at least 4 members (excludes halogenated alkanes) is 1. The molecule has 0 unspecified atom stereocenters. The Kier molecular flexibility index (Phi) is 6.09. The molecule has 3 rings (SSSR count). The van der Waals surface area contributed by atoms with Gasteiger partial charge in [-0.05, 0) is 49.3 Å². The second kappa shape index (κ2) is 8.69. The van der Waals surface area contributed by atoms with Gasteiger partial charge in [0.05, 0.1) is 5.52 Å². The van der Waals surface area contributed by atoms with Crippen LogP contribution in [0.1, 0.15) is 19.3 Å². The number of nitrogens with zero attached hydrogens (tertiary/aromatic N) is 3. The van der Waals surface area contributed by atoms with Crippen molar-refractivity contribution in [1.82, 2.24) is 15.0 Å². The smallest absolute Gasteiger partial charge is 0.327 e. The van der Waals surface area contributed by atoms with Gasteiger partial charge in [-0.25, -0.2) is 9.78 Å². The number of urea groups is 1. The van der Waals surface area contributed by atoms with Crippen LogP contribution >= 0.6 is 23.6 Å². The fourth-order valence-electron chi connectivity index (χ4n) is 2.47. The number of hydrogen-bond donors (Lipinski definition) is 3. The Balaban J connectivity index is 1.81. The first kappa shape index (κ1) is 18.9. The van der Waals surface area contributed by atoms with Crippen LogP contribution in [0.5, 0.6) is 0 Å². The Bertz CT molecular complexity index is 1000. The average molecular weight is 403 g/mol. The number of aliphatic carboxylic acids is 1. The minimum atomic E-state index is -0.852. The summed E-state index contributed by atoms with van der Waals surface area (Å²) in [6, 6.07) is 6.60. The lowest BCUT2D eigenvalue weighted by Crippen LogP contribution is -2.36. The summed E-state index contributed by atoms with van der Waals surface area (Å²) in [5, 5.41) is 11.6. The van der Waals surface area contributed by atoms with Crippen LogP contribution in [-0.4, -0.2) is 38.6 Å². The molecule has 3 aromatic heterocycles. The largest absolute Gasteiger partial charge is 0.481 e. The van der Waals surface area contributed by atoms with Crippen LogP contribution in [0.15, 0.2) is 36.7 Å². The fourth-order valence-corrected chi connectivity index (χ4v) is 3.52. The quantitative estimate of drug-likeness (QED) is 0.405. The van der Waals surface area contributed by atoms with Crippen molar-refractivity contribution in [1.29, 1.82) is 0 Å². The predicted octanol–water partition coefficient (Wildman–Crippen LogP) is 4.04. The van der Waals surface area contributed by atoms with E-state index >= 15 is 0 Å². The van der Waals surface area contributed by atoms with E-state index in [-0.39, 0.29) is 12.5 Å². The van der Waals surface area contributed by atoms with Crippen LogP contribution in [-0.2, 0) is 4.79 Å². The van der Waals surface area contributed by atoms with E-state index in [2.05, 4.69) is 20.3 Å². The maximum atomic E-state index is 12.8. The summed E-state index contributed by atoms with van der Waals surface area (Å²) >= 11 is 6.47. The maximum Gasteiger partial charge on any atom is 0.327 e. The predicted molar refractivity (Wildman–Crippen MR) is 107 cm³/mol. The summed E-state index contributed by atoms with van der Waals surface area (Å²) in [7, 11) is 0. The number of amides is 2. The Labute approximate surface area is 163 Å². The highest BCUT2D eigenvalue weighted by Crippen LogP contribution is 2.22. The lowest BCUT2D eigenvalue weighted by molar-refractivity contribution is -0.137. The molecule has 10 heteroatoms. The number of fused-ring (bicyclic) bond motifs is 1. The number of pyridine rings is 2. The molecule has 3 heterocycles. The van der Waals surface area contributed by atoms with Gasteiger partial charge in [0.1, 0.15) is 10.6 Å². The molecule has 3 aromatic rings. The number of carboxylic acid groups (broad SMARTS) is 1. The van der Waals surface area contributed by atoms with Crippen molar-refractivity contribution >= 4 is 57.4 Å². The second-order valence-electron chi connectivity index (χ2n) is 5.71. The first-order valence-corrected chi connectivity index (χ1v) is 9.45. The van der Waals surface area contributed by atoms with E-state index in [1.54, 1.807) is 30.6 Å². The third-order valence-electron chi connectivity index (χ3n) is 3.75. The highest BCUT2D eigenvalue weighted by molar-refractivity contribution is 7.73. The monoisotopic (exact) mass is 403 g/mol. The molecule has 0 aliphatic heterocycles. The van der Waals surface area contributed by atoms with Crippen molar-refractivity contribution in [2.75, 3.05) is 16.8 Å². The molecule has 0 saturated heterocycles. The minimum absolute atomic E-state index is 0.0610. The standard InChI is InChI=1S/C17H17N5O3S2/c23-14(24)3-1-2-10-22(16(25)19-11-6-8-18-9-7-11)13-5-4-12-15(21-13)27-17(26)20-12/h4-9H,1-3,10H2,(H,20,26)(H,23,24)(H,18,19,25). The van der Waals surface area contributed by atoms with Crippen molar-refractivity contribution in [3.8, 4) is 0 Å². The fraction of sp³-hybridized carbons (Fsp3) is 0.235. The van der Waals surface area contributed by atoms with E-state index in [9.17, 15) is 9.59 Å². The van der Waals surface area contributed by atoms with Crippen LogP contribution in [0, 0.1) is 3.95 Å². The zero-order valence-electron chi connectivity index (χ0n) is 14.2. The number of rotatable bonds is 7. The molecule has 0 aliphatic rings. The Hall–Kier alpha value is -2.85. The second-order valence-corrected chi connectivity index (χ2v) is 7.37.